The summed E-state index contributed by atoms with van der Waals surface area (Å²) in [6, 6.07) is 23.3. The van der Waals surface area contributed by atoms with Crippen LogP contribution in [0.1, 0.15) is 38.4 Å². The van der Waals surface area contributed by atoms with E-state index in [1.54, 1.807) is 17.0 Å². The molecule has 186 valence electrons. The van der Waals surface area contributed by atoms with Gasteiger partial charge in [0.2, 0.25) is 11.8 Å². The highest BCUT2D eigenvalue weighted by Gasteiger charge is 2.19. The lowest BCUT2D eigenvalue weighted by Gasteiger charge is -2.18. The summed E-state index contributed by atoms with van der Waals surface area (Å²) < 4.78 is 7.87. The number of hydrogen-bond acceptors (Lipinski definition) is 5. The molecule has 0 radical (unpaired) electrons. The number of amides is 1. The molecule has 2 aromatic heterocycles. The van der Waals surface area contributed by atoms with Crippen molar-refractivity contribution in [1.82, 2.24) is 24.9 Å². The standard InChI is InChI=1S/C30H29N5O2/c1-19-10-6-8-12-25(19)29-32-31-28(37-29)23-14-16-24(17-15-23)30(36)34(5)18-26-21(3)33-35(22(26)4)27-13-9-7-11-20(27)2/h6-17H,18H2,1-5H3. The Balaban J connectivity index is 1.32. The molecular weight excluding hydrogens is 462 g/mol. The Labute approximate surface area is 216 Å². The van der Waals surface area contributed by atoms with Crippen LogP contribution in [0.25, 0.3) is 28.6 Å². The quantitative estimate of drug-likeness (QED) is 0.287. The van der Waals surface area contributed by atoms with E-state index < -0.39 is 0 Å². The molecule has 5 rings (SSSR count). The van der Waals surface area contributed by atoms with Gasteiger partial charge in [-0.1, -0.05) is 36.4 Å². The Morgan fingerprint density at radius 2 is 1.49 bits per heavy atom. The maximum absolute atomic E-state index is 13.2. The summed E-state index contributed by atoms with van der Waals surface area (Å²) in [4.78, 5) is 14.9. The second-order valence-corrected chi connectivity index (χ2v) is 9.31. The molecule has 37 heavy (non-hydrogen) atoms. The third kappa shape index (κ3) is 4.68. The van der Waals surface area contributed by atoms with Crippen LogP contribution < -0.4 is 0 Å². The monoisotopic (exact) mass is 491 g/mol. The van der Waals surface area contributed by atoms with Crippen molar-refractivity contribution >= 4 is 5.91 Å². The number of rotatable bonds is 6. The molecule has 5 aromatic rings. The molecule has 0 atom stereocenters. The zero-order valence-corrected chi connectivity index (χ0v) is 21.7. The zero-order valence-electron chi connectivity index (χ0n) is 21.7. The number of benzene rings is 3. The van der Waals surface area contributed by atoms with Crippen LogP contribution in [0.3, 0.4) is 0 Å². The van der Waals surface area contributed by atoms with Crippen molar-refractivity contribution in [1.29, 1.82) is 0 Å². The number of carbonyl (C=O) groups excluding carboxylic acids is 1. The minimum absolute atomic E-state index is 0.0693. The Morgan fingerprint density at radius 3 is 2.19 bits per heavy atom. The van der Waals surface area contributed by atoms with Crippen LogP contribution in [0.2, 0.25) is 0 Å². The third-order valence-corrected chi connectivity index (χ3v) is 6.71. The van der Waals surface area contributed by atoms with Gasteiger partial charge in [0.1, 0.15) is 0 Å². The smallest absolute Gasteiger partial charge is 0.253 e. The van der Waals surface area contributed by atoms with Crippen molar-refractivity contribution in [3.8, 4) is 28.6 Å². The van der Waals surface area contributed by atoms with Crippen LogP contribution in [0, 0.1) is 27.7 Å². The van der Waals surface area contributed by atoms with Gasteiger partial charge >= 0.3 is 0 Å². The predicted octanol–water partition coefficient (Wildman–Crippen LogP) is 6.10. The molecule has 0 aliphatic carbocycles. The van der Waals surface area contributed by atoms with Crippen LogP contribution in [0.4, 0.5) is 0 Å². The van der Waals surface area contributed by atoms with Crippen molar-refractivity contribution in [2.24, 2.45) is 0 Å². The first-order valence-corrected chi connectivity index (χ1v) is 12.2. The van der Waals surface area contributed by atoms with Gasteiger partial charge in [-0.3, -0.25) is 4.79 Å². The summed E-state index contributed by atoms with van der Waals surface area (Å²) in [5, 5.41) is 13.2. The van der Waals surface area contributed by atoms with Gasteiger partial charge in [-0.05, 0) is 75.2 Å². The summed E-state index contributed by atoms with van der Waals surface area (Å²) in [7, 11) is 1.81. The number of aryl methyl sites for hydroxylation is 3. The molecule has 0 N–H and O–H groups in total. The van der Waals surface area contributed by atoms with E-state index in [4.69, 9.17) is 9.52 Å². The first-order valence-electron chi connectivity index (χ1n) is 12.2. The lowest BCUT2D eigenvalue weighted by molar-refractivity contribution is 0.0784. The number of aromatic nitrogens is 4. The van der Waals surface area contributed by atoms with E-state index in [0.717, 1.165) is 44.9 Å². The second-order valence-electron chi connectivity index (χ2n) is 9.31. The number of nitrogens with zero attached hydrogens (tertiary/aromatic N) is 5. The van der Waals surface area contributed by atoms with Gasteiger partial charge in [0.05, 0.1) is 11.4 Å². The highest BCUT2D eigenvalue weighted by molar-refractivity contribution is 5.94. The highest BCUT2D eigenvalue weighted by atomic mass is 16.4. The summed E-state index contributed by atoms with van der Waals surface area (Å²) >= 11 is 0. The van der Waals surface area contributed by atoms with Gasteiger partial charge < -0.3 is 9.32 Å². The van der Waals surface area contributed by atoms with Crippen LogP contribution in [-0.4, -0.2) is 37.8 Å². The molecule has 0 saturated carbocycles. The average Bonchev–Trinajstić information content (AvgIpc) is 3.50. The number of para-hydroxylation sites is 1. The van der Waals surface area contributed by atoms with E-state index in [9.17, 15) is 4.79 Å². The lowest BCUT2D eigenvalue weighted by atomic mass is 10.1. The number of hydrogen-bond donors (Lipinski definition) is 0. The summed E-state index contributed by atoms with van der Waals surface area (Å²) in [5.74, 6) is 0.825. The molecule has 0 aliphatic heterocycles. The fraction of sp³-hybridized carbons (Fsp3) is 0.200. The Kier molecular flexibility index (Phi) is 6.44. The molecular formula is C30H29N5O2. The Hall–Kier alpha value is -4.52. The van der Waals surface area contributed by atoms with Gasteiger partial charge in [-0.25, -0.2) is 4.68 Å². The SMILES string of the molecule is Cc1ccccc1-c1nnc(-c2ccc(C(=O)N(C)Cc3c(C)nn(-c4ccccc4C)c3C)cc2)o1. The van der Waals surface area contributed by atoms with Crippen molar-refractivity contribution < 1.29 is 9.21 Å². The van der Waals surface area contributed by atoms with Crippen LogP contribution in [-0.2, 0) is 6.54 Å². The third-order valence-electron chi connectivity index (χ3n) is 6.71. The van der Waals surface area contributed by atoms with Gasteiger partial charge in [0, 0.05) is 41.5 Å². The van der Waals surface area contributed by atoms with Gasteiger partial charge in [0.25, 0.3) is 5.91 Å². The molecule has 2 heterocycles. The van der Waals surface area contributed by atoms with E-state index >= 15 is 0 Å². The topological polar surface area (TPSA) is 77.1 Å². The van der Waals surface area contributed by atoms with Crippen molar-refractivity contribution in [3.05, 3.63) is 106 Å². The summed E-state index contributed by atoms with van der Waals surface area (Å²) in [5.41, 5.74) is 8.51. The van der Waals surface area contributed by atoms with E-state index in [2.05, 4.69) is 29.3 Å². The minimum atomic E-state index is -0.0693. The van der Waals surface area contributed by atoms with E-state index in [-0.39, 0.29) is 5.91 Å². The van der Waals surface area contributed by atoms with Crippen LogP contribution in [0.15, 0.2) is 77.2 Å². The van der Waals surface area contributed by atoms with Gasteiger partial charge in [0.15, 0.2) is 0 Å². The van der Waals surface area contributed by atoms with Gasteiger partial charge in [-0.15, -0.1) is 10.2 Å². The zero-order chi connectivity index (χ0) is 26.1. The fourth-order valence-electron chi connectivity index (χ4n) is 4.49. The fourth-order valence-corrected chi connectivity index (χ4v) is 4.49. The summed E-state index contributed by atoms with van der Waals surface area (Å²) in [6.07, 6.45) is 0. The summed E-state index contributed by atoms with van der Waals surface area (Å²) in [6.45, 7) is 8.58. The Morgan fingerprint density at radius 1 is 0.838 bits per heavy atom. The van der Waals surface area contributed by atoms with E-state index in [1.807, 2.05) is 81.0 Å². The normalized spacial score (nSPS) is 11.1. The van der Waals surface area contributed by atoms with Gasteiger partial charge in [-0.2, -0.15) is 5.10 Å². The largest absolute Gasteiger partial charge is 0.416 e. The van der Waals surface area contributed by atoms with Crippen molar-refractivity contribution in [3.63, 3.8) is 0 Å². The molecule has 0 bridgehead atoms. The molecule has 0 spiro atoms. The first-order chi connectivity index (χ1) is 17.8. The molecule has 7 nitrogen and oxygen atoms in total. The molecule has 0 unspecified atom stereocenters. The molecule has 0 saturated heterocycles. The molecule has 0 fully saturated rings. The lowest BCUT2D eigenvalue weighted by Crippen LogP contribution is -2.26. The van der Waals surface area contributed by atoms with E-state index in [1.165, 1.54) is 0 Å². The number of carbonyl (C=O) groups is 1. The molecule has 7 heteroatoms. The highest BCUT2D eigenvalue weighted by Crippen LogP contribution is 2.27. The average molecular weight is 492 g/mol. The van der Waals surface area contributed by atoms with E-state index in [0.29, 0.717) is 23.9 Å². The van der Waals surface area contributed by atoms with Crippen LogP contribution >= 0.6 is 0 Å². The second kappa shape index (κ2) is 9.85. The molecule has 1 amide bonds. The van der Waals surface area contributed by atoms with Crippen molar-refractivity contribution in [2.75, 3.05) is 7.05 Å². The molecule has 3 aromatic carbocycles. The van der Waals surface area contributed by atoms with Crippen molar-refractivity contribution in [2.45, 2.75) is 34.2 Å². The Bertz CT molecular complexity index is 1580. The minimum Gasteiger partial charge on any atom is -0.416 e. The maximum atomic E-state index is 13.2. The maximum Gasteiger partial charge on any atom is 0.253 e. The van der Waals surface area contributed by atoms with Crippen LogP contribution in [0.5, 0.6) is 0 Å². The first kappa shape index (κ1) is 24.2. The molecule has 0 aliphatic rings. The predicted molar refractivity (Wildman–Crippen MR) is 143 cm³/mol.